The molecule has 9 heavy (non-hydrogen) atoms. The Morgan fingerprint density at radius 2 is 2.33 bits per heavy atom. The van der Waals surface area contributed by atoms with Crippen molar-refractivity contribution in [3.8, 4) is 0 Å². The Kier molecular flexibility index (Phi) is 4.79. The Morgan fingerprint density at radius 3 is 2.78 bits per heavy atom. The fraction of sp³-hybridized carbons (Fsp3) is 0.375. The normalized spacial score (nSPS) is 9.89. The summed E-state index contributed by atoms with van der Waals surface area (Å²) in [7, 11) is 0. The van der Waals surface area contributed by atoms with Crippen LogP contribution in [0.25, 0.3) is 0 Å². The molecule has 0 bridgehead atoms. The molecule has 1 nitrogen and oxygen atoms in total. The SMILES string of the molecule is C=C(/C=C\C=N)CCC. The minimum Gasteiger partial charge on any atom is -0.309 e. The molecule has 0 rings (SSSR count). The topological polar surface area (TPSA) is 23.9 Å². The average Bonchev–Trinajstić information content (AvgIpc) is 1.85. The quantitative estimate of drug-likeness (QED) is 0.439. The van der Waals surface area contributed by atoms with Crippen LogP contribution in [0, 0.1) is 5.41 Å². The molecular formula is C8H13N. The van der Waals surface area contributed by atoms with Crippen molar-refractivity contribution in [3.05, 3.63) is 24.3 Å². The molecule has 1 N–H and O–H groups in total. The molecule has 0 aliphatic carbocycles. The Balaban J connectivity index is 3.49. The van der Waals surface area contributed by atoms with E-state index in [0.717, 1.165) is 18.4 Å². The molecule has 0 atom stereocenters. The van der Waals surface area contributed by atoms with Crippen molar-refractivity contribution in [1.82, 2.24) is 0 Å². The lowest BCUT2D eigenvalue weighted by atomic mass is 10.2. The van der Waals surface area contributed by atoms with Gasteiger partial charge in [0.25, 0.3) is 0 Å². The van der Waals surface area contributed by atoms with Gasteiger partial charge in [0, 0.05) is 6.21 Å². The van der Waals surface area contributed by atoms with Gasteiger partial charge in [-0.1, -0.05) is 31.6 Å². The van der Waals surface area contributed by atoms with Crippen LogP contribution in [0.1, 0.15) is 19.8 Å². The van der Waals surface area contributed by atoms with E-state index in [-0.39, 0.29) is 0 Å². The van der Waals surface area contributed by atoms with Crippen LogP contribution >= 0.6 is 0 Å². The number of allylic oxidation sites excluding steroid dienone is 3. The van der Waals surface area contributed by atoms with Gasteiger partial charge >= 0.3 is 0 Å². The summed E-state index contributed by atoms with van der Waals surface area (Å²) in [5.74, 6) is 0. The molecule has 0 aromatic carbocycles. The van der Waals surface area contributed by atoms with Gasteiger partial charge in [-0.25, -0.2) is 0 Å². The molecule has 0 unspecified atom stereocenters. The van der Waals surface area contributed by atoms with Gasteiger partial charge in [-0.2, -0.15) is 0 Å². The van der Waals surface area contributed by atoms with Crippen LogP contribution in [-0.4, -0.2) is 6.21 Å². The molecule has 50 valence electrons. The molecule has 0 aromatic rings. The van der Waals surface area contributed by atoms with Crippen molar-refractivity contribution < 1.29 is 0 Å². The molecule has 0 heterocycles. The first-order chi connectivity index (χ1) is 4.31. The fourth-order valence-corrected chi connectivity index (χ4v) is 0.589. The van der Waals surface area contributed by atoms with E-state index in [1.165, 1.54) is 6.21 Å². The molecule has 0 saturated heterocycles. The fourth-order valence-electron chi connectivity index (χ4n) is 0.589. The van der Waals surface area contributed by atoms with Crippen molar-refractivity contribution >= 4 is 6.21 Å². The van der Waals surface area contributed by atoms with Gasteiger partial charge in [0.1, 0.15) is 0 Å². The smallest absolute Gasteiger partial charge is 0.0177 e. The van der Waals surface area contributed by atoms with E-state index in [9.17, 15) is 0 Å². The largest absolute Gasteiger partial charge is 0.309 e. The summed E-state index contributed by atoms with van der Waals surface area (Å²) < 4.78 is 0. The monoisotopic (exact) mass is 123 g/mol. The number of hydrogen-bond acceptors (Lipinski definition) is 1. The van der Waals surface area contributed by atoms with E-state index in [1.807, 2.05) is 6.08 Å². The highest BCUT2D eigenvalue weighted by atomic mass is 14.3. The molecule has 0 aliphatic rings. The van der Waals surface area contributed by atoms with Crippen molar-refractivity contribution in [2.45, 2.75) is 19.8 Å². The second kappa shape index (κ2) is 5.29. The van der Waals surface area contributed by atoms with Crippen LogP contribution in [0.4, 0.5) is 0 Å². The van der Waals surface area contributed by atoms with Crippen LogP contribution < -0.4 is 0 Å². The summed E-state index contributed by atoms with van der Waals surface area (Å²) in [5.41, 5.74) is 1.10. The molecule has 0 fully saturated rings. The Morgan fingerprint density at radius 1 is 1.67 bits per heavy atom. The Labute approximate surface area is 56.6 Å². The van der Waals surface area contributed by atoms with E-state index in [0.29, 0.717) is 0 Å². The van der Waals surface area contributed by atoms with E-state index in [1.54, 1.807) is 6.08 Å². The summed E-state index contributed by atoms with van der Waals surface area (Å²) in [4.78, 5) is 0. The summed E-state index contributed by atoms with van der Waals surface area (Å²) in [6.07, 6.45) is 6.99. The van der Waals surface area contributed by atoms with Crippen LogP contribution in [0.3, 0.4) is 0 Å². The van der Waals surface area contributed by atoms with Gasteiger partial charge in [0.15, 0.2) is 0 Å². The first-order valence-electron chi connectivity index (χ1n) is 3.16. The summed E-state index contributed by atoms with van der Waals surface area (Å²) in [5, 5.41) is 6.68. The van der Waals surface area contributed by atoms with Gasteiger partial charge in [-0.15, -0.1) is 0 Å². The third kappa shape index (κ3) is 5.01. The zero-order valence-electron chi connectivity index (χ0n) is 5.85. The van der Waals surface area contributed by atoms with Gasteiger partial charge in [0.2, 0.25) is 0 Å². The molecular weight excluding hydrogens is 110 g/mol. The third-order valence-electron chi connectivity index (χ3n) is 0.999. The molecule has 0 amide bonds. The van der Waals surface area contributed by atoms with Gasteiger partial charge in [0.05, 0.1) is 0 Å². The maximum atomic E-state index is 6.68. The molecule has 0 radical (unpaired) electrons. The zero-order valence-corrected chi connectivity index (χ0v) is 5.85. The predicted molar refractivity (Wildman–Crippen MR) is 42.0 cm³/mol. The minimum absolute atomic E-state index is 1.03. The van der Waals surface area contributed by atoms with E-state index in [4.69, 9.17) is 5.41 Å². The zero-order chi connectivity index (χ0) is 7.11. The third-order valence-corrected chi connectivity index (χ3v) is 0.999. The standard InChI is InChI=1S/C8H13N/c1-3-5-8(2)6-4-7-9/h4,6-7,9H,2-3,5H2,1H3/b6-4-,9-7?. The lowest BCUT2D eigenvalue weighted by Gasteiger charge is -1.91. The molecule has 0 saturated carbocycles. The lowest BCUT2D eigenvalue weighted by Crippen LogP contribution is -1.72. The number of rotatable bonds is 4. The maximum Gasteiger partial charge on any atom is 0.0177 e. The molecule has 0 aliphatic heterocycles. The highest BCUT2D eigenvalue weighted by Gasteiger charge is 1.82. The van der Waals surface area contributed by atoms with Crippen molar-refractivity contribution in [3.63, 3.8) is 0 Å². The second-order valence-electron chi connectivity index (χ2n) is 1.93. The van der Waals surface area contributed by atoms with Gasteiger partial charge in [-0.05, 0) is 12.5 Å². The van der Waals surface area contributed by atoms with Crippen LogP contribution in [0.5, 0.6) is 0 Å². The maximum absolute atomic E-state index is 6.68. The van der Waals surface area contributed by atoms with E-state index in [2.05, 4.69) is 13.5 Å². The minimum atomic E-state index is 1.03. The first kappa shape index (κ1) is 8.15. The summed E-state index contributed by atoms with van der Waals surface area (Å²) >= 11 is 0. The Bertz CT molecular complexity index is 123. The van der Waals surface area contributed by atoms with Crippen molar-refractivity contribution in [2.24, 2.45) is 0 Å². The van der Waals surface area contributed by atoms with Crippen LogP contribution in [-0.2, 0) is 0 Å². The highest BCUT2D eigenvalue weighted by molar-refractivity contribution is 5.68. The van der Waals surface area contributed by atoms with Crippen molar-refractivity contribution in [1.29, 1.82) is 5.41 Å². The van der Waals surface area contributed by atoms with Crippen molar-refractivity contribution in [2.75, 3.05) is 0 Å². The van der Waals surface area contributed by atoms with E-state index < -0.39 is 0 Å². The van der Waals surface area contributed by atoms with E-state index >= 15 is 0 Å². The second-order valence-corrected chi connectivity index (χ2v) is 1.93. The van der Waals surface area contributed by atoms with Crippen LogP contribution in [0.15, 0.2) is 24.3 Å². The average molecular weight is 123 g/mol. The number of hydrogen-bond donors (Lipinski definition) is 1. The molecule has 0 aromatic heterocycles. The van der Waals surface area contributed by atoms with Gasteiger partial charge < -0.3 is 5.41 Å². The molecule has 0 spiro atoms. The lowest BCUT2D eigenvalue weighted by molar-refractivity contribution is 0.930. The molecule has 1 heteroatoms. The first-order valence-corrected chi connectivity index (χ1v) is 3.16. The van der Waals surface area contributed by atoms with Gasteiger partial charge in [-0.3, -0.25) is 0 Å². The predicted octanol–water partition coefficient (Wildman–Crippen LogP) is 2.55. The summed E-state index contributed by atoms with van der Waals surface area (Å²) in [6, 6.07) is 0. The Hall–Kier alpha value is -0.850. The number of nitrogens with one attached hydrogen (secondary N) is 1. The van der Waals surface area contributed by atoms with Crippen LogP contribution in [0.2, 0.25) is 0 Å². The highest BCUT2D eigenvalue weighted by Crippen LogP contribution is 2.01. The summed E-state index contributed by atoms with van der Waals surface area (Å²) in [6.45, 7) is 5.91.